The number of para-hydroxylation sites is 1. The summed E-state index contributed by atoms with van der Waals surface area (Å²) in [5, 5.41) is 5.58. The number of hydrogen-bond acceptors (Lipinski definition) is 4. The van der Waals surface area contributed by atoms with Crippen LogP contribution in [0.5, 0.6) is 5.75 Å². The Balaban J connectivity index is 1.69. The first-order valence-corrected chi connectivity index (χ1v) is 9.20. The molecule has 2 aromatic carbocycles. The molecule has 1 aliphatic rings. The summed E-state index contributed by atoms with van der Waals surface area (Å²) in [5.41, 5.74) is 1.49. The van der Waals surface area contributed by atoms with Gasteiger partial charge in [-0.25, -0.2) is 0 Å². The smallest absolute Gasteiger partial charge is 0.259 e. The molecule has 2 aromatic rings. The fourth-order valence-corrected chi connectivity index (χ4v) is 2.94. The van der Waals surface area contributed by atoms with Gasteiger partial charge in [0.1, 0.15) is 12.4 Å². The molecule has 0 aliphatic carbocycles. The molecular weight excluding hydrogens is 344 g/mol. The molecule has 0 spiro atoms. The molecule has 1 atom stereocenters. The summed E-state index contributed by atoms with van der Waals surface area (Å²) >= 11 is 0. The minimum atomic E-state index is -0.286. The number of benzene rings is 2. The van der Waals surface area contributed by atoms with Crippen LogP contribution < -0.4 is 15.4 Å². The van der Waals surface area contributed by atoms with E-state index in [-0.39, 0.29) is 17.9 Å². The fourth-order valence-electron chi connectivity index (χ4n) is 2.94. The molecule has 27 heavy (non-hydrogen) atoms. The summed E-state index contributed by atoms with van der Waals surface area (Å²) in [5.74, 6) is 0.0604. The Morgan fingerprint density at radius 3 is 2.78 bits per heavy atom. The second-order valence-corrected chi connectivity index (χ2v) is 6.34. The number of ether oxygens (including phenoxy) is 2. The Labute approximate surface area is 158 Å². The normalized spacial score (nSPS) is 16.0. The van der Waals surface area contributed by atoms with Gasteiger partial charge in [0, 0.05) is 24.4 Å². The van der Waals surface area contributed by atoms with Crippen LogP contribution in [-0.2, 0) is 4.74 Å². The van der Waals surface area contributed by atoms with Crippen LogP contribution in [-0.4, -0.2) is 37.7 Å². The van der Waals surface area contributed by atoms with Crippen LogP contribution in [0.4, 0.5) is 5.69 Å². The number of carbonyl (C=O) groups is 2. The third-order valence-corrected chi connectivity index (χ3v) is 4.30. The Bertz CT molecular complexity index is 800. The molecule has 1 saturated heterocycles. The van der Waals surface area contributed by atoms with Crippen LogP contribution in [0.1, 0.15) is 40.5 Å². The maximum atomic E-state index is 12.7. The van der Waals surface area contributed by atoms with E-state index in [1.54, 1.807) is 42.5 Å². The SMILES string of the molecule is CCNC(=O)c1cccc(NC(=O)c2ccccc2OCC2CCCO2)c1. The number of rotatable bonds is 7. The number of carbonyl (C=O) groups excluding carboxylic acids is 2. The van der Waals surface area contributed by atoms with E-state index in [4.69, 9.17) is 9.47 Å². The van der Waals surface area contributed by atoms with E-state index in [0.717, 1.165) is 19.4 Å². The average Bonchev–Trinajstić information content (AvgIpc) is 3.20. The first-order chi connectivity index (χ1) is 13.2. The molecule has 0 saturated carbocycles. The molecule has 142 valence electrons. The van der Waals surface area contributed by atoms with E-state index >= 15 is 0 Å². The van der Waals surface area contributed by atoms with Gasteiger partial charge in [0.15, 0.2) is 0 Å². The standard InChI is InChI=1S/C21H24N2O4/c1-2-22-20(24)15-7-5-8-16(13-15)23-21(25)18-10-3-4-11-19(18)27-14-17-9-6-12-26-17/h3-5,7-8,10-11,13,17H,2,6,9,12,14H2,1H3,(H,22,24)(H,23,25). The lowest BCUT2D eigenvalue weighted by Gasteiger charge is -2.14. The highest BCUT2D eigenvalue weighted by Gasteiger charge is 2.18. The zero-order chi connectivity index (χ0) is 19.1. The summed E-state index contributed by atoms with van der Waals surface area (Å²) in [7, 11) is 0. The minimum absolute atomic E-state index is 0.0786. The van der Waals surface area contributed by atoms with Crippen molar-refractivity contribution in [2.24, 2.45) is 0 Å². The van der Waals surface area contributed by atoms with Crippen LogP contribution in [0.3, 0.4) is 0 Å². The predicted octanol–water partition coefficient (Wildman–Crippen LogP) is 3.25. The molecule has 0 bridgehead atoms. The Morgan fingerprint density at radius 2 is 2.00 bits per heavy atom. The lowest BCUT2D eigenvalue weighted by Crippen LogP contribution is -2.23. The molecule has 6 nitrogen and oxygen atoms in total. The van der Waals surface area contributed by atoms with Crippen molar-refractivity contribution in [1.82, 2.24) is 5.32 Å². The molecule has 6 heteroatoms. The van der Waals surface area contributed by atoms with Crippen LogP contribution in [0.25, 0.3) is 0 Å². The molecular formula is C21H24N2O4. The topological polar surface area (TPSA) is 76.7 Å². The van der Waals surface area contributed by atoms with Crippen LogP contribution in [0, 0.1) is 0 Å². The maximum absolute atomic E-state index is 12.7. The van der Waals surface area contributed by atoms with E-state index in [2.05, 4.69) is 10.6 Å². The lowest BCUT2D eigenvalue weighted by atomic mass is 10.1. The summed E-state index contributed by atoms with van der Waals surface area (Å²) in [6, 6.07) is 14.0. The number of anilines is 1. The summed E-state index contributed by atoms with van der Waals surface area (Å²) in [4.78, 5) is 24.7. The van der Waals surface area contributed by atoms with Crippen molar-refractivity contribution < 1.29 is 19.1 Å². The Kier molecular flexibility index (Phi) is 6.44. The highest BCUT2D eigenvalue weighted by Crippen LogP contribution is 2.22. The summed E-state index contributed by atoms with van der Waals surface area (Å²) in [6.45, 7) is 3.59. The fraction of sp³-hybridized carbons (Fsp3) is 0.333. The largest absolute Gasteiger partial charge is 0.490 e. The molecule has 2 amide bonds. The van der Waals surface area contributed by atoms with Gasteiger partial charge in [-0.2, -0.15) is 0 Å². The first-order valence-electron chi connectivity index (χ1n) is 9.20. The van der Waals surface area contributed by atoms with Crippen molar-refractivity contribution in [2.45, 2.75) is 25.9 Å². The van der Waals surface area contributed by atoms with E-state index < -0.39 is 0 Å². The van der Waals surface area contributed by atoms with E-state index in [0.29, 0.717) is 35.7 Å². The van der Waals surface area contributed by atoms with Crippen molar-refractivity contribution in [3.8, 4) is 5.75 Å². The Morgan fingerprint density at radius 1 is 1.15 bits per heavy atom. The highest BCUT2D eigenvalue weighted by atomic mass is 16.5. The van der Waals surface area contributed by atoms with E-state index in [1.807, 2.05) is 13.0 Å². The second-order valence-electron chi connectivity index (χ2n) is 6.34. The van der Waals surface area contributed by atoms with Crippen molar-refractivity contribution >= 4 is 17.5 Å². The summed E-state index contributed by atoms with van der Waals surface area (Å²) < 4.78 is 11.4. The van der Waals surface area contributed by atoms with Gasteiger partial charge in [0.05, 0.1) is 11.7 Å². The monoisotopic (exact) mass is 368 g/mol. The van der Waals surface area contributed by atoms with Gasteiger partial charge in [-0.15, -0.1) is 0 Å². The Hall–Kier alpha value is -2.86. The van der Waals surface area contributed by atoms with Crippen molar-refractivity contribution in [2.75, 3.05) is 25.1 Å². The lowest BCUT2D eigenvalue weighted by molar-refractivity contribution is 0.0673. The predicted molar refractivity (Wildman–Crippen MR) is 103 cm³/mol. The zero-order valence-electron chi connectivity index (χ0n) is 15.4. The van der Waals surface area contributed by atoms with E-state index in [9.17, 15) is 9.59 Å². The van der Waals surface area contributed by atoms with Crippen LogP contribution in [0.15, 0.2) is 48.5 Å². The van der Waals surface area contributed by atoms with Crippen molar-refractivity contribution in [3.63, 3.8) is 0 Å². The summed E-state index contributed by atoms with van der Waals surface area (Å²) in [6.07, 6.45) is 2.09. The van der Waals surface area contributed by atoms with Crippen molar-refractivity contribution in [1.29, 1.82) is 0 Å². The molecule has 0 radical (unpaired) electrons. The van der Waals surface area contributed by atoms with E-state index in [1.165, 1.54) is 0 Å². The van der Waals surface area contributed by atoms with Gasteiger partial charge < -0.3 is 20.1 Å². The van der Waals surface area contributed by atoms with Gasteiger partial charge in [-0.3, -0.25) is 9.59 Å². The van der Waals surface area contributed by atoms with Crippen LogP contribution >= 0.6 is 0 Å². The van der Waals surface area contributed by atoms with Gasteiger partial charge in [0.25, 0.3) is 11.8 Å². The minimum Gasteiger partial charge on any atom is -0.490 e. The second kappa shape index (κ2) is 9.19. The van der Waals surface area contributed by atoms with Gasteiger partial charge in [-0.1, -0.05) is 18.2 Å². The number of nitrogens with one attached hydrogen (secondary N) is 2. The number of amides is 2. The molecule has 1 aliphatic heterocycles. The van der Waals surface area contributed by atoms with Gasteiger partial charge in [0.2, 0.25) is 0 Å². The highest BCUT2D eigenvalue weighted by molar-refractivity contribution is 6.06. The van der Waals surface area contributed by atoms with Gasteiger partial charge in [-0.05, 0) is 50.1 Å². The molecule has 1 fully saturated rings. The molecule has 1 unspecified atom stereocenters. The van der Waals surface area contributed by atoms with Gasteiger partial charge >= 0.3 is 0 Å². The molecule has 0 aromatic heterocycles. The molecule has 1 heterocycles. The third kappa shape index (κ3) is 5.08. The zero-order valence-corrected chi connectivity index (χ0v) is 15.4. The first kappa shape index (κ1) is 18.9. The number of hydrogen-bond donors (Lipinski definition) is 2. The average molecular weight is 368 g/mol. The molecule has 3 rings (SSSR count). The maximum Gasteiger partial charge on any atom is 0.259 e. The third-order valence-electron chi connectivity index (χ3n) is 4.30. The quantitative estimate of drug-likeness (QED) is 0.787. The van der Waals surface area contributed by atoms with Crippen LogP contribution in [0.2, 0.25) is 0 Å². The van der Waals surface area contributed by atoms with Crippen molar-refractivity contribution in [3.05, 3.63) is 59.7 Å². The molecule has 2 N–H and O–H groups in total.